The lowest BCUT2D eigenvalue weighted by Crippen LogP contribution is -2.16. The molecule has 0 aliphatic carbocycles. The fourth-order valence-electron chi connectivity index (χ4n) is 2.71. The summed E-state index contributed by atoms with van der Waals surface area (Å²) in [5.41, 5.74) is 1.41. The fourth-order valence-corrected chi connectivity index (χ4v) is 2.71. The lowest BCUT2D eigenvalue weighted by molar-refractivity contribution is 0.0425. The molecular formula is C19H30O3. The maximum Gasteiger partial charge on any atom is 0.506 e. The largest absolute Gasteiger partial charge is 0.506 e. The van der Waals surface area contributed by atoms with E-state index in [-0.39, 0.29) is 6.10 Å². The Morgan fingerprint density at radius 3 is 2.32 bits per heavy atom. The van der Waals surface area contributed by atoms with Gasteiger partial charge in [0, 0.05) is 0 Å². The van der Waals surface area contributed by atoms with Crippen LogP contribution in [0.5, 0.6) is 0 Å². The number of unbranched alkanes of at least 4 members (excludes halogenated alkanes) is 5. The number of rotatable bonds is 12. The Morgan fingerprint density at radius 2 is 1.64 bits per heavy atom. The third-order valence-corrected chi connectivity index (χ3v) is 3.98. The van der Waals surface area contributed by atoms with Gasteiger partial charge in [0.1, 0.15) is 6.10 Å². The van der Waals surface area contributed by atoms with E-state index in [2.05, 4.69) is 37.3 Å². The van der Waals surface area contributed by atoms with E-state index in [1.165, 1.54) is 31.2 Å². The highest BCUT2D eigenvalue weighted by Gasteiger charge is 2.12. The van der Waals surface area contributed by atoms with E-state index >= 15 is 0 Å². The van der Waals surface area contributed by atoms with Gasteiger partial charge in [-0.2, -0.15) is 0 Å². The van der Waals surface area contributed by atoms with Gasteiger partial charge >= 0.3 is 6.16 Å². The molecule has 1 atom stereocenters. The quantitative estimate of drug-likeness (QED) is 0.391. The molecule has 124 valence electrons. The van der Waals surface area contributed by atoms with Gasteiger partial charge in [-0.05, 0) is 37.7 Å². The van der Waals surface area contributed by atoms with E-state index in [0.29, 0.717) is 0 Å². The first-order chi connectivity index (χ1) is 10.7. The van der Waals surface area contributed by atoms with Gasteiger partial charge in [-0.15, -0.1) is 0 Å². The van der Waals surface area contributed by atoms with E-state index < -0.39 is 6.16 Å². The first-order valence-electron chi connectivity index (χ1n) is 8.66. The number of carboxylic acid groups (broad SMARTS) is 1. The molecule has 1 rings (SSSR count). The van der Waals surface area contributed by atoms with Crippen LogP contribution in [0.4, 0.5) is 4.79 Å². The molecule has 1 N–H and O–H groups in total. The lowest BCUT2D eigenvalue weighted by atomic mass is 10.0. The topological polar surface area (TPSA) is 46.5 Å². The SMILES string of the molecule is CCCCC(CCCCCCCc1ccccc1)OC(=O)O. The van der Waals surface area contributed by atoms with Gasteiger partial charge in [0.2, 0.25) is 0 Å². The Bertz CT molecular complexity index is 389. The van der Waals surface area contributed by atoms with Crippen molar-refractivity contribution in [3.8, 4) is 0 Å². The second kappa shape index (κ2) is 12.1. The Balaban J connectivity index is 2.03. The van der Waals surface area contributed by atoms with Gasteiger partial charge < -0.3 is 9.84 Å². The molecular weight excluding hydrogens is 276 g/mol. The number of carbonyl (C=O) groups is 1. The molecule has 1 unspecified atom stereocenters. The molecule has 0 aliphatic heterocycles. The predicted octanol–water partition coefficient (Wildman–Crippen LogP) is 5.82. The minimum atomic E-state index is -1.14. The van der Waals surface area contributed by atoms with Crippen molar-refractivity contribution in [2.24, 2.45) is 0 Å². The van der Waals surface area contributed by atoms with Crippen LogP contribution in [0.1, 0.15) is 70.3 Å². The molecule has 0 saturated carbocycles. The van der Waals surface area contributed by atoms with Gasteiger partial charge in [-0.1, -0.05) is 69.4 Å². The monoisotopic (exact) mass is 306 g/mol. The molecule has 0 aromatic heterocycles. The average molecular weight is 306 g/mol. The molecule has 0 aliphatic rings. The van der Waals surface area contributed by atoms with Crippen LogP contribution in [0.3, 0.4) is 0 Å². The van der Waals surface area contributed by atoms with Crippen LogP contribution in [0.15, 0.2) is 30.3 Å². The van der Waals surface area contributed by atoms with Crippen LogP contribution in [0, 0.1) is 0 Å². The van der Waals surface area contributed by atoms with Gasteiger partial charge in [-0.25, -0.2) is 4.79 Å². The Kier molecular flexibility index (Phi) is 10.2. The van der Waals surface area contributed by atoms with Crippen LogP contribution < -0.4 is 0 Å². The van der Waals surface area contributed by atoms with Gasteiger partial charge in [0.05, 0.1) is 0 Å². The number of hydrogen-bond donors (Lipinski definition) is 1. The van der Waals surface area contributed by atoms with E-state index in [9.17, 15) is 4.79 Å². The second-order valence-electron chi connectivity index (χ2n) is 5.94. The fraction of sp³-hybridized carbons (Fsp3) is 0.632. The Morgan fingerprint density at radius 1 is 1.00 bits per heavy atom. The molecule has 22 heavy (non-hydrogen) atoms. The third kappa shape index (κ3) is 9.43. The predicted molar refractivity (Wildman–Crippen MR) is 90.3 cm³/mol. The van der Waals surface area contributed by atoms with E-state index in [1.807, 2.05) is 0 Å². The number of benzene rings is 1. The molecule has 3 heteroatoms. The van der Waals surface area contributed by atoms with Crippen LogP contribution in [0.25, 0.3) is 0 Å². The Hall–Kier alpha value is -1.51. The van der Waals surface area contributed by atoms with Gasteiger partial charge in [0.25, 0.3) is 0 Å². The van der Waals surface area contributed by atoms with Crippen molar-refractivity contribution in [1.82, 2.24) is 0 Å². The molecule has 1 aromatic rings. The van der Waals surface area contributed by atoms with Crippen LogP contribution >= 0.6 is 0 Å². The van der Waals surface area contributed by atoms with Crippen molar-refractivity contribution >= 4 is 6.16 Å². The number of ether oxygens (including phenoxy) is 1. The summed E-state index contributed by atoms with van der Waals surface area (Å²) < 4.78 is 4.95. The number of hydrogen-bond acceptors (Lipinski definition) is 2. The molecule has 3 nitrogen and oxygen atoms in total. The maximum absolute atomic E-state index is 10.7. The molecule has 0 spiro atoms. The highest BCUT2D eigenvalue weighted by molar-refractivity contribution is 5.57. The van der Waals surface area contributed by atoms with Crippen LogP contribution in [-0.2, 0) is 11.2 Å². The van der Waals surface area contributed by atoms with Crippen molar-refractivity contribution < 1.29 is 14.6 Å². The first kappa shape index (κ1) is 18.5. The highest BCUT2D eigenvalue weighted by atomic mass is 16.7. The van der Waals surface area contributed by atoms with Gasteiger partial charge in [-0.3, -0.25) is 0 Å². The molecule has 0 saturated heterocycles. The van der Waals surface area contributed by atoms with E-state index in [1.54, 1.807) is 0 Å². The summed E-state index contributed by atoms with van der Waals surface area (Å²) in [7, 11) is 0. The van der Waals surface area contributed by atoms with Crippen molar-refractivity contribution in [1.29, 1.82) is 0 Å². The zero-order valence-corrected chi connectivity index (χ0v) is 13.8. The van der Waals surface area contributed by atoms with Crippen LogP contribution in [-0.4, -0.2) is 17.4 Å². The Labute approximate surface area is 134 Å². The van der Waals surface area contributed by atoms with Crippen molar-refractivity contribution in [2.75, 3.05) is 0 Å². The molecule has 0 heterocycles. The van der Waals surface area contributed by atoms with Crippen LogP contribution in [0.2, 0.25) is 0 Å². The zero-order valence-electron chi connectivity index (χ0n) is 13.8. The normalized spacial score (nSPS) is 12.0. The highest BCUT2D eigenvalue weighted by Crippen LogP contribution is 2.15. The maximum atomic E-state index is 10.7. The van der Waals surface area contributed by atoms with Crippen molar-refractivity contribution in [3.05, 3.63) is 35.9 Å². The standard InChI is InChI=1S/C19H30O3/c1-2-3-15-18(22-19(20)21)16-11-6-4-5-8-12-17-13-9-7-10-14-17/h7,9-10,13-14,18H,2-6,8,11-12,15-16H2,1H3,(H,20,21). The van der Waals surface area contributed by atoms with Crippen molar-refractivity contribution in [3.63, 3.8) is 0 Å². The summed E-state index contributed by atoms with van der Waals surface area (Å²) in [5.74, 6) is 0. The summed E-state index contributed by atoms with van der Waals surface area (Å²) in [6, 6.07) is 10.6. The summed E-state index contributed by atoms with van der Waals surface area (Å²) in [5, 5.41) is 8.74. The molecule has 1 aromatic carbocycles. The second-order valence-corrected chi connectivity index (χ2v) is 5.94. The minimum absolute atomic E-state index is 0.109. The van der Waals surface area contributed by atoms with E-state index in [4.69, 9.17) is 9.84 Å². The average Bonchev–Trinajstić information content (AvgIpc) is 2.52. The zero-order chi connectivity index (χ0) is 16.0. The molecule has 0 bridgehead atoms. The summed E-state index contributed by atoms with van der Waals surface area (Å²) in [6.07, 6.45) is 9.68. The molecule has 0 fully saturated rings. The molecule has 0 amide bonds. The summed E-state index contributed by atoms with van der Waals surface area (Å²) in [4.78, 5) is 10.7. The van der Waals surface area contributed by atoms with E-state index in [0.717, 1.165) is 38.5 Å². The van der Waals surface area contributed by atoms with Crippen molar-refractivity contribution in [2.45, 2.75) is 77.2 Å². The lowest BCUT2D eigenvalue weighted by Gasteiger charge is -2.15. The van der Waals surface area contributed by atoms with Gasteiger partial charge in [0.15, 0.2) is 0 Å². The smallest absolute Gasteiger partial charge is 0.450 e. The number of aryl methyl sites for hydroxylation is 1. The summed E-state index contributed by atoms with van der Waals surface area (Å²) >= 11 is 0. The first-order valence-corrected chi connectivity index (χ1v) is 8.66. The third-order valence-electron chi connectivity index (χ3n) is 3.98. The molecule has 0 radical (unpaired) electrons. The summed E-state index contributed by atoms with van der Waals surface area (Å²) in [6.45, 7) is 2.12. The minimum Gasteiger partial charge on any atom is -0.450 e.